The van der Waals surface area contributed by atoms with Crippen molar-refractivity contribution in [3.8, 4) is 11.3 Å². The number of pyridine rings is 2. The van der Waals surface area contributed by atoms with Gasteiger partial charge in [0.1, 0.15) is 14.6 Å². The molecular formula is C22H17F5N4OS2. The third-order valence-corrected chi connectivity index (χ3v) is 7.14. The number of hydrogen-bond donors (Lipinski definition) is 1. The minimum absolute atomic E-state index is 0.0222. The standard InChI is InChI=1S/C22H17F5N4OS2/c1-2-12-31(15-4-3-5-16(13-15)34(23,24,25,26)27)22(32)20-19(28)17-6-7-18(30-21(17)33-20)14-8-10-29-11-9-14/h2-11,13H,1,12,28H2. The smallest absolute Gasteiger partial charge is 0.310 e. The summed E-state index contributed by atoms with van der Waals surface area (Å²) in [6, 6.07) is 9.41. The quantitative estimate of drug-likeness (QED) is 0.215. The Bertz CT molecular complexity index is 1420. The highest BCUT2D eigenvalue weighted by molar-refractivity contribution is 8.45. The molecule has 4 rings (SSSR count). The Morgan fingerprint density at radius 1 is 1.09 bits per heavy atom. The van der Waals surface area contributed by atoms with Gasteiger partial charge in [0.2, 0.25) is 0 Å². The van der Waals surface area contributed by atoms with E-state index in [4.69, 9.17) is 5.73 Å². The highest BCUT2D eigenvalue weighted by atomic mass is 32.5. The molecule has 0 unspecified atom stereocenters. The van der Waals surface area contributed by atoms with Crippen molar-refractivity contribution < 1.29 is 24.2 Å². The summed E-state index contributed by atoms with van der Waals surface area (Å²) in [6.07, 6.45) is 4.48. The van der Waals surface area contributed by atoms with Crippen LogP contribution in [0.25, 0.3) is 21.5 Å². The van der Waals surface area contributed by atoms with E-state index in [9.17, 15) is 24.2 Å². The predicted octanol–water partition coefficient (Wildman–Crippen LogP) is 7.43. The van der Waals surface area contributed by atoms with Crippen LogP contribution in [0.5, 0.6) is 0 Å². The first-order chi connectivity index (χ1) is 15.8. The van der Waals surface area contributed by atoms with Crippen molar-refractivity contribution in [1.82, 2.24) is 9.97 Å². The molecule has 0 aliphatic heterocycles. The van der Waals surface area contributed by atoms with Crippen molar-refractivity contribution in [3.05, 3.63) is 78.5 Å². The number of amides is 1. The number of hydrogen-bond acceptors (Lipinski definition) is 5. The van der Waals surface area contributed by atoms with Crippen molar-refractivity contribution in [2.45, 2.75) is 4.90 Å². The molecule has 3 heterocycles. The zero-order chi connectivity index (χ0) is 24.8. The number of carbonyl (C=O) groups excluding carboxylic acids is 1. The van der Waals surface area contributed by atoms with E-state index in [0.29, 0.717) is 15.9 Å². The molecule has 0 saturated heterocycles. The molecular weight excluding hydrogens is 495 g/mol. The van der Waals surface area contributed by atoms with E-state index in [1.165, 1.54) is 6.08 Å². The number of nitrogens with two attached hydrogens (primary N) is 1. The monoisotopic (exact) mass is 512 g/mol. The van der Waals surface area contributed by atoms with Gasteiger partial charge in [-0.3, -0.25) is 9.78 Å². The number of carbonyl (C=O) groups is 1. The number of aromatic nitrogens is 2. The van der Waals surface area contributed by atoms with E-state index in [2.05, 4.69) is 16.5 Å². The van der Waals surface area contributed by atoms with E-state index in [1.54, 1.807) is 36.7 Å². The average molecular weight is 513 g/mol. The lowest BCUT2D eigenvalue weighted by atomic mass is 10.1. The van der Waals surface area contributed by atoms with E-state index in [1.807, 2.05) is 0 Å². The van der Waals surface area contributed by atoms with Crippen LogP contribution in [-0.2, 0) is 0 Å². The van der Waals surface area contributed by atoms with Gasteiger partial charge in [0.25, 0.3) is 5.91 Å². The van der Waals surface area contributed by atoms with Gasteiger partial charge in [0.05, 0.1) is 11.4 Å². The molecule has 12 heteroatoms. The summed E-state index contributed by atoms with van der Waals surface area (Å²) in [6.45, 7) is 3.28. The van der Waals surface area contributed by atoms with E-state index in [-0.39, 0.29) is 34.9 Å². The van der Waals surface area contributed by atoms with Gasteiger partial charge in [0.15, 0.2) is 0 Å². The SMILES string of the molecule is C=CCN(C(=O)c1sc2nc(-c3ccncc3)ccc2c1N)c1cccc(S(F)(F)(F)(F)F)c1. The minimum Gasteiger partial charge on any atom is -0.397 e. The third kappa shape index (κ3) is 4.59. The second-order valence-electron chi connectivity index (χ2n) is 7.30. The molecule has 178 valence electrons. The highest BCUT2D eigenvalue weighted by Gasteiger charge is 2.65. The Morgan fingerprint density at radius 3 is 2.44 bits per heavy atom. The van der Waals surface area contributed by atoms with Gasteiger partial charge in [-0.05, 0) is 42.5 Å². The van der Waals surface area contributed by atoms with Crippen LogP contribution in [0.15, 0.2) is 78.5 Å². The van der Waals surface area contributed by atoms with Crippen LogP contribution in [0.4, 0.5) is 30.8 Å². The third-order valence-electron chi connectivity index (χ3n) is 4.90. The van der Waals surface area contributed by atoms with Gasteiger partial charge in [-0.1, -0.05) is 31.6 Å². The number of thiophene rings is 1. The maximum Gasteiger partial charge on any atom is 0.310 e. The Morgan fingerprint density at radius 2 is 1.79 bits per heavy atom. The molecule has 5 nitrogen and oxygen atoms in total. The van der Waals surface area contributed by atoms with Crippen molar-refractivity contribution in [2.24, 2.45) is 0 Å². The second kappa shape index (κ2) is 7.50. The highest BCUT2D eigenvalue weighted by Crippen LogP contribution is 3.02. The number of benzene rings is 1. The largest absolute Gasteiger partial charge is 0.397 e. The first kappa shape index (κ1) is 23.6. The summed E-state index contributed by atoms with van der Waals surface area (Å²) in [4.78, 5) is 21.1. The Hall–Kier alpha value is -3.51. The summed E-state index contributed by atoms with van der Waals surface area (Å²) >= 11 is 0.958. The van der Waals surface area contributed by atoms with Crippen LogP contribution >= 0.6 is 21.6 Å². The van der Waals surface area contributed by atoms with Gasteiger partial charge in [-0.15, -0.1) is 17.9 Å². The first-order valence-corrected chi connectivity index (χ1v) is 12.4. The molecule has 0 saturated carbocycles. The molecule has 0 spiro atoms. The lowest BCUT2D eigenvalue weighted by Crippen LogP contribution is -2.31. The first-order valence-electron chi connectivity index (χ1n) is 9.65. The van der Waals surface area contributed by atoms with Crippen LogP contribution in [0, 0.1) is 0 Å². The number of nitrogens with zero attached hydrogens (tertiary/aromatic N) is 3. The molecule has 0 atom stereocenters. The predicted molar refractivity (Wildman–Crippen MR) is 127 cm³/mol. The number of halogens is 5. The van der Waals surface area contributed by atoms with Gasteiger partial charge in [-0.2, -0.15) is 0 Å². The molecule has 1 aromatic carbocycles. The molecule has 4 aromatic rings. The lowest BCUT2D eigenvalue weighted by molar-refractivity contribution is 0.0994. The number of anilines is 2. The number of fused-ring (bicyclic) bond motifs is 1. The summed E-state index contributed by atoms with van der Waals surface area (Å²) < 4.78 is 66.6. The Kier molecular flexibility index (Phi) is 5.22. The summed E-state index contributed by atoms with van der Waals surface area (Å²) in [5.41, 5.74) is 7.31. The summed E-state index contributed by atoms with van der Waals surface area (Å²) in [7, 11) is -9.94. The molecule has 0 radical (unpaired) electrons. The molecule has 1 amide bonds. The molecule has 34 heavy (non-hydrogen) atoms. The van der Waals surface area contributed by atoms with Crippen molar-refractivity contribution in [3.63, 3.8) is 0 Å². The Labute approximate surface area is 195 Å². The molecule has 2 N–H and O–H groups in total. The lowest BCUT2D eigenvalue weighted by Gasteiger charge is -2.41. The van der Waals surface area contributed by atoms with Gasteiger partial charge >= 0.3 is 10.2 Å². The van der Waals surface area contributed by atoms with E-state index < -0.39 is 21.0 Å². The molecule has 3 aromatic heterocycles. The maximum atomic E-state index is 13.3. The molecule has 0 bridgehead atoms. The van der Waals surface area contributed by atoms with Crippen LogP contribution in [0.3, 0.4) is 0 Å². The van der Waals surface area contributed by atoms with Crippen LogP contribution in [-0.4, -0.2) is 22.4 Å². The molecule has 0 aliphatic rings. The molecule has 0 fully saturated rings. The zero-order valence-corrected chi connectivity index (χ0v) is 18.9. The van der Waals surface area contributed by atoms with Crippen LogP contribution in [0.1, 0.15) is 9.67 Å². The van der Waals surface area contributed by atoms with Crippen LogP contribution < -0.4 is 10.6 Å². The maximum absolute atomic E-state index is 13.3. The van der Waals surface area contributed by atoms with E-state index >= 15 is 0 Å². The van der Waals surface area contributed by atoms with Crippen molar-refractivity contribution >= 4 is 49.1 Å². The fourth-order valence-corrected chi connectivity index (χ4v) is 5.01. The minimum atomic E-state index is -9.94. The number of rotatable bonds is 6. The summed E-state index contributed by atoms with van der Waals surface area (Å²) in [5, 5.41) is 0.491. The normalized spacial score (nSPS) is 13.8. The van der Waals surface area contributed by atoms with Gasteiger partial charge in [0, 0.05) is 35.6 Å². The Balaban J connectivity index is 1.78. The van der Waals surface area contributed by atoms with Crippen LogP contribution in [0.2, 0.25) is 0 Å². The van der Waals surface area contributed by atoms with Gasteiger partial charge in [-0.25, -0.2) is 4.98 Å². The molecule has 0 aliphatic carbocycles. The van der Waals surface area contributed by atoms with Crippen molar-refractivity contribution in [2.75, 3.05) is 17.2 Å². The average Bonchev–Trinajstić information content (AvgIpc) is 3.12. The van der Waals surface area contributed by atoms with E-state index in [0.717, 1.165) is 33.9 Å². The second-order valence-corrected chi connectivity index (χ2v) is 10.7. The fourth-order valence-electron chi connectivity index (χ4n) is 3.29. The number of nitrogen functional groups attached to an aromatic ring is 1. The zero-order valence-electron chi connectivity index (χ0n) is 17.3. The fraction of sp³-hybridized carbons (Fsp3) is 0.0455. The van der Waals surface area contributed by atoms with Gasteiger partial charge < -0.3 is 10.6 Å². The van der Waals surface area contributed by atoms with Crippen molar-refractivity contribution in [1.29, 1.82) is 0 Å². The topological polar surface area (TPSA) is 72.1 Å². The summed E-state index contributed by atoms with van der Waals surface area (Å²) in [5.74, 6) is -0.759.